The molecule has 5 rings (SSSR count). The van der Waals surface area contributed by atoms with Gasteiger partial charge in [0.05, 0.1) is 23.8 Å². The number of aliphatic hydroxyl groups is 1. The Morgan fingerprint density at radius 1 is 1.07 bits per heavy atom. The van der Waals surface area contributed by atoms with Gasteiger partial charge in [0, 0.05) is 40.2 Å². The van der Waals surface area contributed by atoms with Crippen molar-refractivity contribution in [2.75, 3.05) is 26.3 Å². The number of thioether (sulfide) groups is 1. The number of carbonyl (C=O) groups is 2. The fourth-order valence-electron chi connectivity index (χ4n) is 4.97. The predicted octanol–water partition coefficient (Wildman–Crippen LogP) is 7.01. The number of amides is 1. The molecule has 1 fully saturated rings. The standard InChI is InChI=1S/C31H32BrN3O5S/c1-3-39-23-11-9-22(10-12-23)33-30-28(31(38)40-4-2)29(37)26(41-30)16-20-18-35(25-13-8-21(32)17-24(20)25)19-27(36)34-14-6-5-7-15-34/h8-13,16-18,37H,3-7,14-15,19H2,1-2H3/b26-16-,33-30?. The Labute approximate surface area is 251 Å². The van der Waals surface area contributed by atoms with Crippen LogP contribution in [0.1, 0.15) is 38.7 Å². The third kappa shape index (κ3) is 6.54. The molecule has 2 aliphatic heterocycles. The summed E-state index contributed by atoms with van der Waals surface area (Å²) in [6.07, 6.45) is 6.99. The number of aliphatic imine (C=N–C) groups is 1. The number of benzene rings is 2. The van der Waals surface area contributed by atoms with Gasteiger partial charge in [0.2, 0.25) is 5.91 Å². The van der Waals surface area contributed by atoms with Crippen LogP contribution in [0.2, 0.25) is 0 Å². The number of aromatic nitrogens is 1. The summed E-state index contributed by atoms with van der Waals surface area (Å²) in [5.74, 6) is -0.00109. The molecule has 1 aromatic heterocycles. The van der Waals surface area contributed by atoms with E-state index in [-0.39, 0.29) is 30.4 Å². The Hall–Kier alpha value is -3.50. The highest BCUT2D eigenvalue weighted by molar-refractivity contribution is 9.10. The average Bonchev–Trinajstić information content (AvgIpc) is 3.46. The highest BCUT2D eigenvalue weighted by atomic mass is 79.9. The van der Waals surface area contributed by atoms with Crippen LogP contribution >= 0.6 is 27.7 Å². The highest BCUT2D eigenvalue weighted by Crippen LogP contribution is 2.41. The Balaban J connectivity index is 1.51. The van der Waals surface area contributed by atoms with Crippen LogP contribution in [0, 0.1) is 0 Å². The summed E-state index contributed by atoms with van der Waals surface area (Å²) >= 11 is 4.77. The number of halogens is 1. The van der Waals surface area contributed by atoms with E-state index in [1.807, 2.05) is 59.0 Å². The van der Waals surface area contributed by atoms with Gasteiger partial charge in [0.25, 0.3) is 0 Å². The van der Waals surface area contributed by atoms with Gasteiger partial charge in [-0.3, -0.25) is 4.79 Å². The van der Waals surface area contributed by atoms with E-state index in [4.69, 9.17) is 9.47 Å². The van der Waals surface area contributed by atoms with E-state index in [1.165, 1.54) is 11.8 Å². The van der Waals surface area contributed by atoms with Crippen molar-refractivity contribution in [3.05, 3.63) is 74.9 Å². The lowest BCUT2D eigenvalue weighted by Crippen LogP contribution is -2.37. The van der Waals surface area contributed by atoms with Crippen molar-refractivity contribution in [3.8, 4) is 5.75 Å². The molecule has 0 atom stereocenters. The summed E-state index contributed by atoms with van der Waals surface area (Å²) in [4.78, 5) is 33.0. The van der Waals surface area contributed by atoms with Gasteiger partial charge in [-0.05, 0) is 81.7 Å². The largest absolute Gasteiger partial charge is 0.506 e. The summed E-state index contributed by atoms with van der Waals surface area (Å²) in [5.41, 5.74) is 2.36. The molecule has 0 unspecified atom stereocenters. The third-order valence-corrected chi connectivity index (χ3v) is 8.44. The normalized spacial score (nSPS) is 17.6. The Bertz CT molecular complexity index is 1550. The second-order valence-corrected chi connectivity index (χ2v) is 11.7. The summed E-state index contributed by atoms with van der Waals surface area (Å²) in [6, 6.07) is 13.1. The molecule has 214 valence electrons. The molecule has 2 aromatic carbocycles. The molecule has 41 heavy (non-hydrogen) atoms. The monoisotopic (exact) mass is 637 g/mol. The van der Waals surface area contributed by atoms with Gasteiger partial charge in [0.15, 0.2) is 0 Å². The van der Waals surface area contributed by atoms with E-state index in [9.17, 15) is 14.7 Å². The van der Waals surface area contributed by atoms with Crippen molar-refractivity contribution in [1.82, 2.24) is 9.47 Å². The van der Waals surface area contributed by atoms with E-state index in [2.05, 4.69) is 20.9 Å². The molecule has 0 saturated carbocycles. The molecule has 0 aliphatic carbocycles. The van der Waals surface area contributed by atoms with Gasteiger partial charge < -0.3 is 24.0 Å². The molecular formula is C31H32BrN3O5S. The minimum atomic E-state index is -0.636. The van der Waals surface area contributed by atoms with Gasteiger partial charge >= 0.3 is 5.97 Å². The molecule has 8 nitrogen and oxygen atoms in total. The number of carbonyl (C=O) groups excluding carboxylic acids is 2. The fourth-order valence-corrected chi connectivity index (χ4v) is 6.35. The lowest BCUT2D eigenvalue weighted by molar-refractivity contribution is -0.138. The molecule has 10 heteroatoms. The fraction of sp³-hybridized carbons (Fsp3) is 0.323. The molecule has 0 spiro atoms. The first-order chi connectivity index (χ1) is 19.9. The van der Waals surface area contributed by atoms with Gasteiger partial charge in [-0.15, -0.1) is 0 Å². The van der Waals surface area contributed by atoms with Crippen molar-refractivity contribution >= 4 is 67.3 Å². The number of fused-ring (bicyclic) bond motifs is 1. The Kier molecular flexibility index (Phi) is 9.19. The number of rotatable bonds is 8. The maximum Gasteiger partial charge on any atom is 0.344 e. The minimum Gasteiger partial charge on any atom is -0.506 e. The molecule has 0 radical (unpaired) electrons. The number of likely N-dealkylation sites (tertiary alicyclic amines) is 1. The lowest BCUT2D eigenvalue weighted by Gasteiger charge is -2.27. The van der Waals surface area contributed by atoms with Crippen LogP contribution < -0.4 is 4.74 Å². The first-order valence-corrected chi connectivity index (χ1v) is 15.4. The highest BCUT2D eigenvalue weighted by Gasteiger charge is 2.33. The zero-order valence-corrected chi connectivity index (χ0v) is 25.5. The number of piperidine rings is 1. The van der Waals surface area contributed by atoms with E-state index in [1.54, 1.807) is 19.1 Å². The van der Waals surface area contributed by atoms with Crippen LogP contribution in [-0.4, -0.2) is 57.8 Å². The molecule has 1 saturated heterocycles. The van der Waals surface area contributed by atoms with Crippen molar-refractivity contribution < 1.29 is 24.2 Å². The van der Waals surface area contributed by atoms with E-state index in [0.29, 0.717) is 22.2 Å². The topological polar surface area (TPSA) is 93.4 Å². The molecule has 1 N–H and O–H groups in total. The molecule has 0 bridgehead atoms. The quantitative estimate of drug-likeness (QED) is 0.267. The van der Waals surface area contributed by atoms with E-state index in [0.717, 1.165) is 59.0 Å². The zero-order valence-electron chi connectivity index (χ0n) is 23.1. The SMILES string of the molecule is CCOC(=O)C1=C(O)/C(=C/c2cn(CC(=O)N3CCCCC3)c3ccc(Br)cc23)SC1=Nc1ccc(OCC)cc1. The maximum absolute atomic E-state index is 13.1. The third-order valence-electron chi connectivity index (χ3n) is 6.92. The van der Waals surface area contributed by atoms with Crippen molar-refractivity contribution in [2.24, 2.45) is 4.99 Å². The number of esters is 1. The number of hydrogen-bond acceptors (Lipinski definition) is 7. The Morgan fingerprint density at radius 3 is 2.54 bits per heavy atom. The summed E-state index contributed by atoms with van der Waals surface area (Å²) in [6.45, 7) is 6.18. The van der Waals surface area contributed by atoms with Crippen LogP contribution in [-0.2, 0) is 20.9 Å². The van der Waals surface area contributed by atoms with Crippen LogP contribution in [0.15, 0.2) is 74.4 Å². The zero-order chi connectivity index (χ0) is 28.9. The average molecular weight is 639 g/mol. The van der Waals surface area contributed by atoms with Crippen molar-refractivity contribution in [2.45, 2.75) is 39.7 Å². The van der Waals surface area contributed by atoms with Gasteiger partial charge in [-0.1, -0.05) is 27.7 Å². The van der Waals surface area contributed by atoms with Crippen LogP contribution in [0.3, 0.4) is 0 Å². The number of hydrogen-bond donors (Lipinski definition) is 1. The van der Waals surface area contributed by atoms with Crippen LogP contribution in [0.25, 0.3) is 17.0 Å². The van der Waals surface area contributed by atoms with Gasteiger partial charge in [-0.2, -0.15) is 0 Å². The second kappa shape index (κ2) is 13.0. The molecule has 1 amide bonds. The first kappa shape index (κ1) is 29.0. The van der Waals surface area contributed by atoms with Gasteiger partial charge in [0.1, 0.15) is 28.7 Å². The molecule has 3 heterocycles. The summed E-state index contributed by atoms with van der Waals surface area (Å²) in [5, 5.41) is 12.5. The molecule has 2 aliphatic rings. The number of ether oxygens (including phenoxy) is 2. The smallest absolute Gasteiger partial charge is 0.344 e. The summed E-state index contributed by atoms with van der Waals surface area (Å²) in [7, 11) is 0. The second-order valence-electron chi connectivity index (χ2n) is 9.71. The maximum atomic E-state index is 13.1. The number of aliphatic hydroxyl groups excluding tert-OH is 1. The lowest BCUT2D eigenvalue weighted by atomic mass is 10.1. The molecule has 3 aromatic rings. The van der Waals surface area contributed by atoms with Crippen molar-refractivity contribution in [3.63, 3.8) is 0 Å². The predicted molar refractivity (Wildman–Crippen MR) is 167 cm³/mol. The first-order valence-electron chi connectivity index (χ1n) is 13.8. The van der Waals surface area contributed by atoms with Crippen LogP contribution in [0.5, 0.6) is 5.75 Å². The van der Waals surface area contributed by atoms with E-state index < -0.39 is 5.97 Å². The minimum absolute atomic E-state index is 0.0298. The van der Waals surface area contributed by atoms with Gasteiger partial charge in [-0.25, -0.2) is 9.79 Å². The molecular weight excluding hydrogens is 606 g/mol. The number of nitrogens with zero attached hydrogens (tertiary/aromatic N) is 3. The Morgan fingerprint density at radius 2 is 1.83 bits per heavy atom. The van der Waals surface area contributed by atoms with Crippen LogP contribution in [0.4, 0.5) is 5.69 Å². The summed E-state index contributed by atoms with van der Waals surface area (Å²) < 4.78 is 13.6. The van der Waals surface area contributed by atoms with E-state index >= 15 is 0 Å². The van der Waals surface area contributed by atoms with Crippen molar-refractivity contribution in [1.29, 1.82) is 0 Å².